The molecule has 2 atom stereocenters. The number of aliphatic imine (C=N–C) groups is 1. The topological polar surface area (TPSA) is 86.3 Å². The van der Waals surface area contributed by atoms with E-state index in [-0.39, 0.29) is 24.3 Å². The van der Waals surface area contributed by atoms with Crippen LogP contribution >= 0.6 is 0 Å². The van der Waals surface area contributed by atoms with Crippen LogP contribution in [0.3, 0.4) is 0 Å². The molecule has 0 aromatic heterocycles. The van der Waals surface area contributed by atoms with Crippen LogP contribution < -0.4 is 15.5 Å². The van der Waals surface area contributed by atoms with Crippen molar-refractivity contribution in [2.24, 2.45) is 22.7 Å². The minimum absolute atomic E-state index is 0.0859. The first-order valence-corrected chi connectivity index (χ1v) is 16.5. The van der Waals surface area contributed by atoms with Gasteiger partial charge in [0.05, 0.1) is 19.1 Å². The Morgan fingerprint density at radius 1 is 1.09 bits per heavy atom. The summed E-state index contributed by atoms with van der Waals surface area (Å²) in [4.78, 5) is 35.2. The molecular formula is C36H53N5O3. The van der Waals surface area contributed by atoms with Crippen LogP contribution in [-0.2, 0) is 16.1 Å². The molecule has 0 radical (unpaired) electrons. The predicted octanol–water partition coefficient (Wildman–Crippen LogP) is 5.33. The summed E-state index contributed by atoms with van der Waals surface area (Å²) in [6, 6.07) is 13.4. The molecule has 2 amide bonds. The number of rotatable bonds is 13. The van der Waals surface area contributed by atoms with Crippen LogP contribution in [0.2, 0.25) is 0 Å². The predicted molar refractivity (Wildman–Crippen MR) is 181 cm³/mol. The molecule has 2 aliphatic rings. The van der Waals surface area contributed by atoms with Gasteiger partial charge in [-0.15, -0.1) is 0 Å². The Kier molecular flexibility index (Phi) is 12.5. The normalized spacial score (nSPS) is 17.7. The van der Waals surface area contributed by atoms with Gasteiger partial charge in [-0.1, -0.05) is 45.0 Å². The number of nitrogens with one attached hydrogen (secondary N) is 2. The average molecular weight is 604 g/mol. The van der Waals surface area contributed by atoms with Crippen LogP contribution in [0.5, 0.6) is 0 Å². The second kappa shape index (κ2) is 16.3. The van der Waals surface area contributed by atoms with Crippen molar-refractivity contribution >= 4 is 24.2 Å². The smallest absolute Gasteiger partial charge is 0.251 e. The molecular weight excluding hydrogens is 550 g/mol. The minimum atomic E-state index is -0.400. The molecule has 240 valence electrons. The standard InChI is InChI=1S/C36H53N5O3/c1-7-41(31-12-14-38-15-13-31)34-22-30(29-10-8-28(9-11-29)24-40-16-18-44-19-17-40)21-32(27(34)5)36(43)39-23-33(35(42)37-6)26(4)20-25(2)3/h8-11,21-22,25-26,31,33,38H,6-7,12-20,23-24H2,1-5H3,(H,39,43). The van der Waals surface area contributed by atoms with Crippen LogP contribution in [0.1, 0.15) is 68.4 Å². The highest BCUT2D eigenvalue weighted by Gasteiger charge is 2.28. The van der Waals surface area contributed by atoms with Crippen LogP contribution in [0, 0.1) is 24.7 Å². The fourth-order valence-electron chi connectivity index (χ4n) is 6.82. The van der Waals surface area contributed by atoms with Gasteiger partial charge in [0.25, 0.3) is 5.91 Å². The lowest BCUT2D eigenvalue weighted by Crippen LogP contribution is -2.43. The summed E-state index contributed by atoms with van der Waals surface area (Å²) in [6.45, 7) is 21.6. The second-order valence-electron chi connectivity index (χ2n) is 12.9. The molecule has 2 aliphatic heterocycles. The number of carbonyl (C=O) groups is 2. The van der Waals surface area contributed by atoms with E-state index in [9.17, 15) is 9.59 Å². The maximum Gasteiger partial charge on any atom is 0.251 e. The third-order valence-corrected chi connectivity index (χ3v) is 9.31. The van der Waals surface area contributed by atoms with Crippen LogP contribution in [0.4, 0.5) is 5.69 Å². The van der Waals surface area contributed by atoms with Gasteiger partial charge in [0.15, 0.2) is 0 Å². The Morgan fingerprint density at radius 3 is 2.39 bits per heavy atom. The van der Waals surface area contributed by atoms with Crippen LogP contribution in [0.15, 0.2) is 41.4 Å². The highest BCUT2D eigenvalue weighted by atomic mass is 16.5. The summed E-state index contributed by atoms with van der Waals surface area (Å²) in [5.74, 6) is -0.289. The SMILES string of the molecule is C=NC(=O)C(CNC(=O)c1cc(-c2ccc(CN3CCOCC3)cc2)cc(N(CC)C2CCNCC2)c1C)C(C)CC(C)C. The Bertz CT molecular complexity index is 1250. The molecule has 0 saturated carbocycles. The Balaban J connectivity index is 1.65. The summed E-state index contributed by atoms with van der Waals surface area (Å²) in [7, 11) is 0. The lowest BCUT2D eigenvalue weighted by Gasteiger charge is -2.37. The van der Waals surface area contributed by atoms with Gasteiger partial charge in [-0.3, -0.25) is 14.5 Å². The molecule has 2 unspecified atom stereocenters. The number of morpholine rings is 1. The van der Waals surface area contributed by atoms with Crippen molar-refractivity contribution in [2.45, 2.75) is 66.5 Å². The van der Waals surface area contributed by atoms with E-state index < -0.39 is 5.92 Å². The van der Waals surface area contributed by atoms with Gasteiger partial charge >= 0.3 is 0 Å². The molecule has 2 saturated heterocycles. The number of amides is 2. The van der Waals surface area contributed by atoms with Gasteiger partial charge in [-0.25, -0.2) is 4.99 Å². The summed E-state index contributed by atoms with van der Waals surface area (Å²) < 4.78 is 5.51. The fourth-order valence-corrected chi connectivity index (χ4v) is 6.82. The van der Waals surface area contributed by atoms with Gasteiger partial charge in [0.1, 0.15) is 0 Å². The summed E-state index contributed by atoms with van der Waals surface area (Å²) in [5, 5.41) is 6.60. The summed E-state index contributed by atoms with van der Waals surface area (Å²) in [5.41, 5.74) is 6.10. The number of hydrogen-bond acceptors (Lipinski definition) is 6. The van der Waals surface area contributed by atoms with Crippen molar-refractivity contribution in [3.8, 4) is 11.1 Å². The Labute approximate surface area is 264 Å². The van der Waals surface area contributed by atoms with E-state index in [4.69, 9.17) is 4.74 Å². The van der Waals surface area contributed by atoms with Crippen molar-refractivity contribution < 1.29 is 14.3 Å². The molecule has 2 heterocycles. The van der Waals surface area contributed by atoms with E-state index in [2.05, 4.69) is 97.1 Å². The third kappa shape index (κ3) is 8.77. The summed E-state index contributed by atoms with van der Waals surface area (Å²) in [6.07, 6.45) is 3.02. The first-order chi connectivity index (χ1) is 21.2. The molecule has 2 aromatic rings. The Morgan fingerprint density at radius 2 is 1.77 bits per heavy atom. The molecule has 0 bridgehead atoms. The third-order valence-electron chi connectivity index (χ3n) is 9.31. The second-order valence-corrected chi connectivity index (χ2v) is 12.9. The van der Waals surface area contributed by atoms with Gasteiger partial charge < -0.3 is 20.3 Å². The van der Waals surface area contributed by atoms with E-state index in [1.54, 1.807) is 0 Å². The molecule has 2 aromatic carbocycles. The van der Waals surface area contributed by atoms with Gasteiger partial charge in [-0.2, -0.15) is 0 Å². The molecule has 0 aliphatic carbocycles. The molecule has 4 rings (SSSR count). The largest absolute Gasteiger partial charge is 0.379 e. The minimum Gasteiger partial charge on any atom is -0.379 e. The number of nitrogens with zero attached hydrogens (tertiary/aromatic N) is 3. The first kappa shape index (κ1) is 33.8. The zero-order valence-corrected chi connectivity index (χ0v) is 27.5. The van der Waals surface area contributed by atoms with E-state index in [0.717, 1.165) is 94.1 Å². The quantitative estimate of drug-likeness (QED) is 0.301. The Hall–Kier alpha value is -3.07. The van der Waals surface area contributed by atoms with E-state index in [0.29, 0.717) is 17.5 Å². The molecule has 0 spiro atoms. The van der Waals surface area contributed by atoms with Gasteiger partial charge in [0, 0.05) is 50.0 Å². The van der Waals surface area contributed by atoms with Gasteiger partial charge in [0.2, 0.25) is 5.91 Å². The van der Waals surface area contributed by atoms with Crippen molar-refractivity contribution in [3.63, 3.8) is 0 Å². The number of anilines is 1. The van der Waals surface area contributed by atoms with Gasteiger partial charge in [-0.05, 0) is 99.1 Å². The number of carbonyl (C=O) groups excluding carboxylic acids is 2. The number of benzene rings is 2. The van der Waals surface area contributed by atoms with Crippen molar-refractivity contribution in [2.75, 3.05) is 57.4 Å². The number of ether oxygens (including phenoxy) is 1. The van der Waals surface area contributed by atoms with Crippen molar-refractivity contribution in [3.05, 3.63) is 53.1 Å². The molecule has 44 heavy (non-hydrogen) atoms. The van der Waals surface area contributed by atoms with E-state index >= 15 is 0 Å². The highest BCUT2D eigenvalue weighted by Crippen LogP contribution is 2.34. The molecule has 8 nitrogen and oxygen atoms in total. The lowest BCUT2D eigenvalue weighted by atomic mass is 9.86. The zero-order valence-electron chi connectivity index (χ0n) is 27.5. The monoisotopic (exact) mass is 603 g/mol. The molecule has 2 fully saturated rings. The first-order valence-electron chi connectivity index (χ1n) is 16.5. The molecule has 8 heteroatoms. The van der Waals surface area contributed by atoms with E-state index in [1.807, 2.05) is 6.07 Å². The highest BCUT2D eigenvalue weighted by molar-refractivity contribution is 5.99. The van der Waals surface area contributed by atoms with Crippen molar-refractivity contribution in [1.82, 2.24) is 15.5 Å². The maximum absolute atomic E-state index is 13.9. The fraction of sp³-hybridized carbons (Fsp3) is 0.583. The average Bonchev–Trinajstić information content (AvgIpc) is 3.03. The number of hydrogen-bond donors (Lipinski definition) is 2. The van der Waals surface area contributed by atoms with Crippen LogP contribution in [0.25, 0.3) is 11.1 Å². The summed E-state index contributed by atoms with van der Waals surface area (Å²) >= 11 is 0. The maximum atomic E-state index is 13.9. The lowest BCUT2D eigenvalue weighted by molar-refractivity contribution is -0.122. The number of piperidine rings is 1. The van der Waals surface area contributed by atoms with E-state index in [1.165, 1.54) is 5.56 Å². The van der Waals surface area contributed by atoms with Crippen LogP contribution in [-0.4, -0.2) is 82.0 Å². The molecule has 2 N–H and O–H groups in total. The van der Waals surface area contributed by atoms with Crippen molar-refractivity contribution in [1.29, 1.82) is 0 Å². The zero-order chi connectivity index (χ0) is 31.6.